The predicted molar refractivity (Wildman–Crippen MR) is 113 cm³/mol. The van der Waals surface area contributed by atoms with E-state index in [9.17, 15) is 4.79 Å². The second-order valence-corrected chi connectivity index (χ2v) is 7.11. The average Bonchev–Trinajstić information content (AvgIpc) is 2.72. The number of fused-ring (bicyclic) bond motifs is 2. The van der Waals surface area contributed by atoms with E-state index in [0.29, 0.717) is 11.2 Å². The van der Waals surface area contributed by atoms with E-state index in [1.54, 1.807) is 13.2 Å². The summed E-state index contributed by atoms with van der Waals surface area (Å²) in [5, 5.41) is 2.95. The number of hydrogen-bond acceptors (Lipinski definition) is 4. The number of para-hydroxylation sites is 1. The Morgan fingerprint density at radius 2 is 1.82 bits per heavy atom. The molecule has 0 saturated carbocycles. The van der Waals surface area contributed by atoms with Crippen LogP contribution in [0.3, 0.4) is 0 Å². The first kappa shape index (κ1) is 18.2. The fourth-order valence-electron chi connectivity index (χ4n) is 3.43. The van der Waals surface area contributed by atoms with Crippen molar-refractivity contribution in [1.29, 1.82) is 0 Å². The SMILES string of the molecule is COc1ccc2cc(CN(C)[C@@H](C)c3nc4ccccc4c(=O)[nH]3)ccc2c1. The number of H-pyrrole nitrogens is 1. The van der Waals surface area contributed by atoms with Gasteiger partial charge in [-0.05, 0) is 60.6 Å². The maximum atomic E-state index is 12.4. The van der Waals surface area contributed by atoms with E-state index in [4.69, 9.17) is 4.74 Å². The van der Waals surface area contributed by atoms with E-state index in [0.717, 1.165) is 23.2 Å². The van der Waals surface area contributed by atoms with Gasteiger partial charge in [-0.3, -0.25) is 9.69 Å². The van der Waals surface area contributed by atoms with E-state index in [2.05, 4.69) is 46.1 Å². The van der Waals surface area contributed by atoms with Crippen molar-refractivity contribution in [3.63, 3.8) is 0 Å². The Kier molecular flexibility index (Phi) is 4.84. The number of aromatic nitrogens is 2. The number of hydrogen-bond donors (Lipinski definition) is 1. The highest BCUT2D eigenvalue weighted by Gasteiger charge is 2.16. The van der Waals surface area contributed by atoms with Crippen LogP contribution in [0.15, 0.2) is 65.5 Å². The third-order valence-corrected chi connectivity index (χ3v) is 5.23. The first-order chi connectivity index (χ1) is 13.5. The lowest BCUT2D eigenvalue weighted by Gasteiger charge is -2.24. The Balaban J connectivity index is 1.58. The summed E-state index contributed by atoms with van der Waals surface area (Å²) < 4.78 is 5.29. The summed E-state index contributed by atoms with van der Waals surface area (Å²) in [6.45, 7) is 2.80. The lowest BCUT2D eigenvalue weighted by Crippen LogP contribution is -2.26. The highest BCUT2D eigenvalue weighted by molar-refractivity contribution is 5.84. The zero-order valence-corrected chi connectivity index (χ0v) is 16.3. The van der Waals surface area contributed by atoms with Gasteiger partial charge in [0, 0.05) is 6.54 Å². The van der Waals surface area contributed by atoms with Gasteiger partial charge in [-0.25, -0.2) is 4.98 Å². The Morgan fingerprint density at radius 1 is 1.07 bits per heavy atom. The van der Waals surface area contributed by atoms with Crippen molar-refractivity contribution >= 4 is 21.7 Å². The van der Waals surface area contributed by atoms with Crippen LogP contribution < -0.4 is 10.3 Å². The molecule has 0 fully saturated rings. The minimum absolute atomic E-state index is 0.0242. The van der Waals surface area contributed by atoms with Gasteiger partial charge in [0.15, 0.2) is 0 Å². The molecule has 5 heteroatoms. The molecule has 0 aliphatic heterocycles. The molecule has 0 radical (unpaired) electrons. The Labute approximate surface area is 163 Å². The molecule has 0 aliphatic rings. The van der Waals surface area contributed by atoms with Gasteiger partial charge in [0.05, 0.1) is 24.1 Å². The summed E-state index contributed by atoms with van der Waals surface area (Å²) in [7, 11) is 3.72. The van der Waals surface area contributed by atoms with Gasteiger partial charge >= 0.3 is 0 Å². The molecular weight excluding hydrogens is 350 g/mol. The Bertz CT molecular complexity index is 1200. The third kappa shape index (κ3) is 3.49. The number of methoxy groups -OCH3 is 1. The molecule has 1 N–H and O–H groups in total. The van der Waals surface area contributed by atoms with Crippen molar-refractivity contribution in [2.24, 2.45) is 0 Å². The van der Waals surface area contributed by atoms with Crippen LogP contribution in [0.2, 0.25) is 0 Å². The van der Waals surface area contributed by atoms with Crippen LogP contribution in [0.4, 0.5) is 0 Å². The molecule has 3 aromatic carbocycles. The van der Waals surface area contributed by atoms with E-state index in [-0.39, 0.29) is 11.6 Å². The molecule has 0 aliphatic carbocycles. The average molecular weight is 373 g/mol. The molecule has 4 aromatic rings. The molecule has 5 nitrogen and oxygen atoms in total. The molecule has 1 atom stereocenters. The highest BCUT2D eigenvalue weighted by atomic mass is 16.5. The Morgan fingerprint density at radius 3 is 2.64 bits per heavy atom. The normalized spacial score (nSPS) is 12.6. The van der Waals surface area contributed by atoms with E-state index < -0.39 is 0 Å². The van der Waals surface area contributed by atoms with Crippen LogP contribution in [0, 0.1) is 0 Å². The second-order valence-electron chi connectivity index (χ2n) is 7.11. The molecule has 0 saturated heterocycles. The van der Waals surface area contributed by atoms with Crippen molar-refractivity contribution in [3.05, 3.63) is 82.4 Å². The molecule has 28 heavy (non-hydrogen) atoms. The number of aromatic amines is 1. The molecule has 0 spiro atoms. The fraction of sp³-hybridized carbons (Fsp3) is 0.217. The first-order valence-electron chi connectivity index (χ1n) is 9.31. The molecule has 0 amide bonds. The summed E-state index contributed by atoms with van der Waals surface area (Å²) >= 11 is 0. The molecule has 142 valence electrons. The van der Waals surface area contributed by atoms with Crippen LogP contribution in [0.5, 0.6) is 5.75 Å². The van der Waals surface area contributed by atoms with Crippen LogP contribution in [0.1, 0.15) is 24.4 Å². The Hall–Kier alpha value is -3.18. The van der Waals surface area contributed by atoms with Crippen molar-refractivity contribution in [2.45, 2.75) is 19.5 Å². The summed E-state index contributed by atoms with van der Waals surface area (Å²) in [5.41, 5.74) is 1.83. The van der Waals surface area contributed by atoms with Gasteiger partial charge < -0.3 is 9.72 Å². The smallest absolute Gasteiger partial charge is 0.258 e. The zero-order chi connectivity index (χ0) is 19.7. The van der Waals surface area contributed by atoms with Crippen molar-refractivity contribution in [1.82, 2.24) is 14.9 Å². The van der Waals surface area contributed by atoms with Crippen LogP contribution in [0.25, 0.3) is 21.7 Å². The van der Waals surface area contributed by atoms with Gasteiger partial charge in [0.1, 0.15) is 11.6 Å². The maximum absolute atomic E-state index is 12.4. The van der Waals surface area contributed by atoms with Crippen molar-refractivity contribution < 1.29 is 4.74 Å². The van der Waals surface area contributed by atoms with Gasteiger partial charge in [0.25, 0.3) is 5.56 Å². The molecule has 4 rings (SSSR count). The lowest BCUT2D eigenvalue weighted by molar-refractivity contribution is 0.244. The molecular formula is C23H23N3O2. The van der Waals surface area contributed by atoms with Gasteiger partial charge in [-0.1, -0.05) is 30.3 Å². The standard InChI is InChI=1S/C23H23N3O2/c1-15(22-24-21-7-5-4-6-20(21)23(27)25-22)26(2)14-16-8-9-18-13-19(28-3)11-10-17(18)12-16/h4-13,15H,14H2,1-3H3,(H,24,25,27)/t15-/m0/s1. The zero-order valence-electron chi connectivity index (χ0n) is 16.3. The largest absolute Gasteiger partial charge is 0.497 e. The quantitative estimate of drug-likeness (QED) is 0.567. The van der Waals surface area contributed by atoms with Gasteiger partial charge in [-0.2, -0.15) is 0 Å². The fourth-order valence-corrected chi connectivity index (χ4v) is 3.43. The van der Waals surface area contributed by atoms with E-state index >= 15 is 0 Å². The molecule has 0 bridgehead atoms. The molecule has 1 heterocycles. The minimum Gasteiger partial charge on any atom is -0.497 e. The van der Waals surface area contributed by atoms with Crippen LogP contribution in [-0.2, 0) is 6.54 Å². The monoisotopic (exact) mass is 373 g/mol. The molecule has 0 unspecified atom stereocenters. The van der Waals surface area contributed by atoms with E-state index in [1.807, 2.05) is 37.4 Å². The van der Waals surface area contributed by atoms with Crippen LogP contribution in [-0.4, -0.2) is 29.0 Å². The first-order valence-corrected chi connectivity index (χ1v) is 9.31. The number of nitrogens with zero attached hydrogens (tertiary/aromatic N) is 2. The summed E-state index contributed by atoms with van der Waals surface area (Å²) in [4.78, 5) is 22.1. The van der Waals surface area contributed by atoms with Crippen molar-refractivity contribution in [3.8, 4) is 5.75 Å². The maximum Gasteiger partial charge on any atom is 0.258 e. The summed E-state index contributed by atoms with van der Waals surface area (Å²) in [5.74, 6) is 1.54. The third-order valence-electron chi connectivity index (χ3n) is 5.23. The minimum atomic E-state index is -0.0968. The molecule has 1 aromatic heterocycles. The second kappa shape index (κ2) is 7.44. The number of rotatable bonds is 5. The summed E-state index contributed by atoms with van der Waals surface area (Å²) in [6, 6.07) is 19.9. The number of nitrogens with one attached hydrogen (secondary N) is 1. The number of ether oxygens (including phenoxy) is 1. The summed E-state index contributed by atoms with van der Waals surface area (Å²) in [6.07, 6.45) is 0. The van der Waals surface area contributed by atoms with E-state index in [1.165, 1.54) is 10.9 Å². The van der Waals surface area contributed by atoms with Crippen LogP contribution >= 0.6 is 0 Å². The highest BCUT2D eigenvalue weighted by Crippen LogP contribution is 2.24. The number of benzene rings is 3. The van der Waals surface area contributed by atoms with Gasteiger partial charge in [0.2, 0.25) is 0 Å². The predicted octanol–water partition coefficient (Wildman–Crippen LogP) is 4.28. The topological polar surface area (TPSA) is 58.2 Å². The van der Waals surface area contributed by atoms with Gasteiger partial charge in [-0.15, -0.1) is 0 Å². The lowest BCUT2D eigenvalue weighted by atomic mass is 10.1. The van der Waals surface area contributed by atoms with Crippen molar-refractivity contribution in [2.75, 3.05) is 14.2 Å².